The third-order valence-electron chi connectivity index (χ3n) is 5.53. The molecule has 2 fully saturated rings. The maximum Gasteiger partial charge on any atom is 0.409 e. The van der Waals surface area contributed by atoms with Crippen LogP contribution >= 0.6 is 11.6 Å². The standard InChI is InChI=1S/C19H29ClN4O2.C4H4O4/c1-2-26-19(25)24-14-10-22(11-15-24)7-6-21-8-12-23(13-9-21)18-5-3-4-17(20)16-18;5-3(6)1-2-4(7)8/h3-5,16H,2,6-15H2,1H3;1-2H,(H,5,6)(H,7,8)/p-2. The average Bonchev–Trinajstić information content (AvgIpc) is 2.83. The highest BCUT2D eigenvalue weighted by Gasteiger charge is 2.23. The highest BCUT2D eigenvalue weighted by atomic mass is 35.5. The Bertz CT molecular complexity index is 821. The second kappa shape index (κ2) is 14.4. The molecule has 0 unspecified atom stereocenters. The van der Waals surface area contributed by atoms with Crippen LogP contribution in [-0.4, -0.2) is 105 Å². The first-order valence-electron chi connectivity index (χ1n) is 11.3. The van der Waals surface area contributed by atoms with E-state index in [-0.39, 0.29) is 6.09 Å². The van der Waals surface area contributed by atoms with Crippen LogP contribution in [0.3, 0.4) is 0 Å². The molecular formula is C23H31ClN4O6-2. The summed E-state index contributed by atoms with van der Waals surface area (Å²) in [7, 11) is 0. The van der Waals surface area contributed by atoms with E-state index in [2.05, 4.69) is 20.8 Å². The highest BCUT2D eigenvalue weighted by molar-refractivity contribution is 6.30. The van der Waals surface area contributed by atoms with Gasteiger partial charge in [0.05, 0.1) is 18.5 Å². The van der Waals surface area contributed by atoms with E-state index in [1.807, 2.05) is 30.0 Å². The normalized spacial score (nSPS) is 17.2. The van der Waals surface area contributed by atoms with Gasteiger partial charge in [0.2, 0.25) is 0 Å². The molecule has 1 aromatic carbocycles. The van der Waals surface area contributed by atoms with E-state index in [9.17, 15) is 24.6 Å². The van der Waals surface area contributed by atoms with Gasteiger partial charge < -0.3 is 34.3 Å². The number of carboxylic acid groups (broad SMARTS) is 2. The van der Waals surface area contributed by atoms with E-state index >= 15 is 0 Å². The number of carbonyl (C=O) groups excluding carboxylic acids is 3. The lowest BCUT2D eigenvalue weighted by molar-refractivity contribution is -0.301. The molecule has 0 radical (unpaired) electrons. The number of nitrogens with zero attached hydrogens (tertiary/aromatic N) is 4. The predicted molar refractivity (Wildman–Crippen MR) is 124 cm³/mol. The van der Waals surface area contributed by atoms with E-state index in [0.29, 0.717) is 18.8 Å². The van der Waals surface area contributed by atoms with Crippen molar-refractivity contribution in [3.8, 4) is 0 Å². The third kappa shape index (κ3) is 9.98. The molecule has 10 nitrogen and oxygen atoms in total. The maximum absolute atomic E-state index is 11.7. The summed E-state index contributed by atoms with van der Waals surface area (Å²) in [4.78, 5) is 39.8. The number of rotatable bonds is 7. The number of amides is 1. The van der Waals surface area contributed by atoms with Crippen molar-refractivity contribution in [1.82, 2.24) is 14.7 Å². The van der Waals surface area contributed by atoms with E-state index < -0.39 is 11.9 Å². The molecule has 2 heterocycles. The lowest BCUT2D eigenvalue weighted by atomic mass is 10.2. The molecule has 188 valence electrons. The van der Waals surface area contributed by atoms with Crippen LogP contribution < -0.4 is 15.1 Å². The van der Waals surface area contributed by atoms with E-state index in [1.54, 1.807) is 0 Å². The van der Waals surface area contributed by atoms with Crippen molar-refractivity contribution in [2.75, 3.05) is 77.0 Å². The number of carbonyl (C=O) groups is 3. The maximum atomic E-state index is 11.7. The van der Waals surface area contributed by atoms with Gasteiger partial charge in [-0.05, 0) is 37.3 Å². The zero-order valence-electron chi connectivity index (χ0n) is 19.4. The molecule has 2 aliphatic rings. The minimum atomic E-state index is -1.55. The molecule has 0 atom stereocenters. The second-order valence-electron chi connectivity index (χ2n) is 7.81. The quantitative estimate of drug-likeness (QED) is 0.452. The van der Waals surface area contributed by atoms with Crippen molar-refractivity contribution in [1.29, 1.82) is 0 Å². The number of ether oxygens (including phenoxy) is 1. The van der Waals surface area contributed by atoms with Gasteiger partial charge >= 0.3 is 6.09 Å². The van der Waals surface area contributed by atoms with Gasteiger partial charge in [0.15, 0.2) is 0 Å². The number of halogens is 1. The van der Waals surface area contributed by atoms with E-state index in [4.69, 9.17) is 16.3 Å². The van der Waals surface area contributed by atoms with Gasteiger partial charge in [-0.1, -0.05) is 17.7 Å². The molecule has 34 heavy (non-hydrogen) atoms. The largest absolute Gasteiger partial charge is 0.545 e. The molecule has 0 aromatic heterocycles. The first-order chi connectivity index (χ1) is 16.3. The van der Waals surface area contributed by atoms with Crippen molar-refractivity contribution in [2.45, 2.75) is 6.92 Å². The van der Waals surface area contributed by atoms with E-state index in [1.165, 1.54) is 5.69 Å². The summed E-state index contributed by atoms with van der Waals surface area (Å²) in [6, 6.07) is 8.10. The summed E-state index contributed by atoms with van der Waals surface area (Å²) >= 11 is 6.10. The summed E-state index contributed by atoms with van der Waals surface area (Å²) in [6.45, 7) is 12.1. The minimum Gasteiger partial charge on any atom is -0.545 e. The predicted octanol–water partition coefficient (Wildman–Crippen LogP) is -0.721. The Labute approximate surface area is 204 Å². The van der Waals surface area contributed by atoms with Crippen molar-refractivity contribution < 1.29 is 29.3 Å². The minimum absolute atomic E-state index is 0.177. The first-order valence-corrected chi connectivity index (χ1v) is 11.6. The molecule has 0 N–H and O–H groups in total. The number of aliphatic carboxylic acids is 2. The molecule has 0 saturated carbocycles. The molecular weight excluding hydrogens is 464 g/mol. The average molecular weight is 495 g/mol. The van der Waals surface area contributed by atoms with Crippen LogP contribution in [-0.2, 0) is 14.3 Å². The number of carboxylic acids is 2. The second-order valence-corrected chi connectivity index (χ2v) is 8.24. The van der Waals surface area contributed by atoms with Gasteiger partial charge in [-0.3, -0.25) is 9.80 Å². The Balaban J connectivity index is 0.000000440. The zero-order chi connectivity index (χ0) is 24.9. The summed E-state index contributed by atoms with van der Waals surface area (Å²) in [5.41, 5.74) is 1.22. The third-order valence-corrected chi connectivity index (χ3v) is 5.77. The summed E-state index contributed by atoms with van der Waals surface area (Å²) < 4.78 is 5.07. The molecule has 2 aliphatic heterocycles. The Morgan fingerprint density at radius 2 is 1.44 bits per heavy atom. The Morgan fingerprint density at radius 1 is 0.912 bits per heavy atom. The lowest BCUT2D eigenvalue weighted by Crippen LogP contribution is -2.52. The van der Waals surface area contributed by atoms with Gasteiger partial charge in [0, 0.05) is 76.2 Å². The SMILES string of the molecule is CCOC(=O)N1CCN(CCN2CCN(c3cccc(Cl)c3)CC2)CC1.O=C([O-])C=CC(=O)[O-]. The Morgan fingerprint density at radius 3 is 1.91 bits per heavy atom. The molecule has 1 amide bonds. The molecule has 11 heteroatoms. The van der Waals surface area contributed by atoms with Crippen molar-refractivity contribution in [3.05, 3.63) is 41.4 Å². The smallest absolute Gasteiger partial charge is 0.409 e. The molecule has 2 saturated heterocycles. The number of anilines is 1. The van der Waals surface area contributed by atoms with Crippen LogP contribution in [0.2, 0.25) is 5.02 Å². The monoisotopic (exact) mass is 494 g/mol. The summed E-state index contributed by atoms with van der Waals surface area (Å²) in [5, 5.41) is 19.6. The van der Waals surface area contributed by atoms with Gasteiger partial charge in [0.1, 0.15) is 0 Å². The van der Waals surface area contributed by atoms with Gasteiger partial charge in [-0.15, -0.1) is 0 Å². The van der Waals surface area contributed by atoms with Crippen LogP contribution in [0.1, 0.15) is 6.92 Å². The topological polar surface area (TPSA) is 120 Å². The first kappa shape index (κ1) is 27.4. The Hall–Kier alpha value is -2.82. The lowest BCUT2D eigenvalue weighted by Gasteiger charge is -2.38. The fraction of sp³-hybridized carbons (Fsp3) is 0.522. The van der Waals surface area contributed by atoms with Crippen molar-refractivity contribution in [2.24, 2.45) is 0 Å². The van der Waals surface area contributed by atoms with Crippen LogP contribution in [0.5, 0.6) is 0 Å². The van der Waals surface area contributed by atoms with Crippen LogP contribution in [0.4, 0.5) is 10.5 Å². The number of hydrogen-bond acceptors (Lipinski definition) is 9. The number of hydrogen-bond donors (Lipinski definition) is 0. The van der Waals surface area contributed by atoms with Crippen LogP contribution in [0, 0.1) is 0 Å². The molecule has 0 bridgehead atoms. The fourth-order valence-corrected chi connectivity index (χ4v) is 3.87. The van der Waals surface area contributed by atoms with Crippen molar-refractivity contribution in [3.63, 3.8) is 0 Å². The van der Waals surface area contributed by atoms with E-state index in [0.717, 1.165) is 70.5 Å². The van der Waals surface area contributed by atoms with Gasteiger partial charge in [-0.25, -0.2) is 4.79 Å². The van der Waals surface area contributed by atoms with Gasteiger partial charge in [-0.2, -0.15) is 0 Å². The summed E-state index contributed by atoms with van der Waals surface area (Å²) in [6.07, 6.45) is 0.592. The fourth-order valence-electron chi connectivity index (χ4n) is 3.69. The van der Waals surface area contributed by atoms with Crippen molar-refractivity contribution >= 4 is 35.3 Å². The molecule has 0 aliphatic carbocycles. The number of benzene rings is 1. The van der Waals surface area contributed by atoms with Gasteiger partial charge in [0.25, 0.3) is 0 Å². The Kier molecular flexibility index (Phi) is 11.7. The highest BCUT2D eigenvalue weighted by Crippen LogP contribution is 2.20. The zero-order valence-corrected chi connectivity index (χ0v) is 20.1. The molecule has 0 spiro atoms. The van der Waals surface area contributed by atoms with Crippen LogP contribution in [0.25, 0.3) is 0 Å². The van der Waals surface area contributed by atoms with Crippen LogP contribution in [0.15, 0.2) is 36.4 Å². The molecule has 3 rings (SSSR count). The number of piperazine rings is 2. The summed E-state index contributed by atoms with van der Waals surface area (Å²) in [5.74, 6) is -3.09. The molecule has 1 aromatic rings.